The highest BCUT2D eigenvalue weighted by Crippen LogP contribution is 2.31. The van der Waals surface area contributed by atoms with Gasteiger partial charge in [0.25, 0.3) is 0 Å². The molecule has 0 aliphatic heterocycles. The molecular weight excluding hydrogens is 356 g/mol. The number of hydrogen-bond donors (Lipinski definition) is 1. The number of aromatic nitrogens is 1. The fraction of sp³-hybridized carbons (Fsp3) is 0.167. The number of ether oxygens (including phenoxy) is 1. The quantitative estimate of drug-likeness (QED) is 0.683. The smallest absolute Gasteiger partial charge is 0.337 e. The number of anilines is 1. The molecule has 0 aliphatic carbocycles. The average Bonchev–Trinajstić information content (AvgIpc) is 3.23. The summed E-state index contributed by atoms with van der Waals surface area (Å²) < 4.78 is 4.69. The first-order valence-electron chi connectivity index (χ1n) is 7.55. The van der Waals surface area contributed by atoms with Crippen LogP contribution in [0.3, 0.4) is 0 Å². The maximum Gasteiger partial charge on any atom is 0.337 e. The molecule has 1 N–H and O–H groups in total. The molecule has 3 aromatic rings. The van der Waals surface area contributed by atoms with Gasteiger partial charge >= 0.3 is 5.97 Å². The van der Waals surface area contributed by atoms with Crippen molar-refractivity contribution in [2.24, 2.45) is 0 Å². The molecule has 7 heteroatoms. The van der Waals surface area contributed by atoms with Crippen molar-refractivity contribution < 1.29 is 14.3 Å². The Morgan fingerprint density at radius 1 is 1.24 bits per heavy atom. The second kappa shape index (κ2) is 7.58. The highest BCUT2D eigenvalue weighted by atomic mass is 32.1. The summed E-state index contributed by atoms with van der Waals surface area (Å²) in [6.45, 7) is 1.93. The number of hydrogen-bond acceptors (Lipinski definition) is 6. The Hall–Kier alpha value is -2.51. The molecule has 0 radical (unpaired) electrons. The summed E-state index contributed by atoms with van der Waals surface area (Å²) in [6, 6.07) is 10.7. The number of rotatable bonds is 5. The van der Waals surface area contributed by atoms with Gasteiger partial charge in [0.15, 0.2) is 0 Å². The largest absolute Gasteiger partial charge is 0.465 e. The Morgan fingerprint density at radius 2 is 2.08 bits per heavy atom. The third-order valence-electron chi connectivity index (χ3n) is 3.45. The Balaban J connectivity index is 1.75. The van der Waals surface area contributed by atoms with Gasteiger partial charge in [0.05, 0.1) is 34.7 Å². The summed E-state index contributed by atoms with van der Waals surface area (Å²) in [5.41, 5.74) is 1.83. The van der Waals surface area contributed by atoms with Crippen LogP contribution in [0.2, 0.25) is 0 Å². The molecule has 2 heterocycles. The molecule has 25 heavy (non-hydrogen) atoms. The summed E-state index contributed by atoms with van der Waals surface area (Å²) in [7, 11) is 1.33. The second-order valence-electron chi connectivity index (χ2n) is 5.28. The zero-order valence-corrected chi connectivity index (χ0v) is 15.4. The minimum atomic E-state index is -0.436. The van der Waals surface area contributed by atoms with Gasteiger partial charge in [-0.25, -0.2) is 9.78 Å². The molecule has 1 amide bonds. The lowest BCUT2D eigenvalue weighted by Crippen LogP contribution is -2.14. The molecule has 0 bridgehead atoms. The number of carbonyl (C=O) groups excluding carboxylic acids is 2. The zero-order valence-electron chi connectivity index (χ0n) is 13.7. The number of nitrogens with one attached hydrogen (secondary N) is 1. The van der Waals surface area contributed by atoms with E-state index in [1.165, 1.54) is 18.4 Å². The van der Waals surface area contributed by atoms with E-state index in [9.17, 15) is 9.59 Å². The summed E-state index contributed by atoms with van der Waals surface area (Å²) in [6.07, 6.45) is 0.237. The van der Waals surface area contributed by atoms with Gasteiger partial charge in [0.2, 0.25) is 5.91 Å². The number of aryl methyl sites for hydroxylation is 1. The first kappa shape index (κ1) is 17.3. The minimum absolute atomic E-state index is 0.150. The minimum Gasteiger partial charge on any atom is -0.465 e. The van der Waals surface area contributed by atoms with E-state index in [0.29, 0.717) is 11.3 Å². The van der Waals surface area contributed by atoms with Crippen molar-refractivity contribution in [1.82, 2.24) is 4.98 Å². The van der Waals surface area contributed by atoms with Crippen molar-refractivity contribution in [2.75, 3.05) is 12.4 Å². The SMILES string of the molecule is COC(=O)c1cccc(NC(=O)Cc2sc(C)nc2-c2cccs2)c1. The Morgan fingerprint density at radius 3 is 2.80 bits per heavy atom. The number of esters is 1. The lowest BCUT2D eigenvalue weighted by atomic mass is 10.2. The van der Waals surface area contributed by atoms with Crippen LogP contribution in [0.4, 0.5) is 5.69 Å². The van der Waals surface area contributed by atoms with Gasteiger partial charge in [0, 0.05) is 10.6 Å². The number of carbonyl (C=O) groups is 2. The zero-order chi connectivity index (χ0) is 17.8. The number of benzene rings is 1. The van der Waals surface area contributed by atoms with E-state index in [1.807, 2.05) is 24.4 Å². The molecule has 0 saturated heterocycles. The number of methoxy groups -OCH3 is 1. The summed E-state index contributed by atoms with van der Waals surface area (Å²) in [4.78, 5) is 30.5. The van der Waals surface area contributed by atoms with E-state index >= 15 is 0 Å². The highest BCUT2D eigenvalue weighted by molar-refractivity contribution is 7.15. The average molecular weight is 372 g/mol. The van der Waals surface area contributed by atoms with E-state index in [0.717, 1.165) is 20.5 Å². The van der Waals surface area contributed by atoms with Crippen LogP contribution in [0.15, 0.2) is 41.8 Å². The highest BCUT2D eigenvalue weighted by Gasteiger charge is 2.16. The van der Waals surface area contributed by atoms with E-state index in [4.69, 9.17) is 4.74 Å². The van der Waals surface area contributed by atoms with Crippen molar-refractivity contribution in [3.05, 3.63) is 57.2 Å². The monoisotopic (exact) mass is 372 g/mol. The number of amides is 1. The van der Waals surface area contributed by atoms with Crippen molar-refractivity contribution in [2.45, 2.75) is 13.3 Å². The number of thiophene rings is 1. The van der Waals surface area contributed by atoms with Crippen molar-refractivity contribution in [3.8, 4) is 10.6 Å². The van der Waals surface area contributed by atoms with Gasteiger partial charge in [-0.3, -0.25) is 4.79 Å². The molecule has 3 rings (SSSR count). The van der Waals surface area contributed by atoms with Crippen LogP contribution in [0, 0.1) is 6.92 Å². The first-order chi connectivity index (χ1) is 12.1. The maximum absolute atomic E-state index is 12.4. The van der Waals surface area contributed by atoms with Crippen LogP contribution in [0.5, 0.6) is 0 Å². The normalized spacial score (nSPS) is 10.5. The molecule has 0 atom stereocenters. The number of thiazole rings is 1. The van der Waals surface area contributed by atoms with E-state index in [1.54, 1.807) is 35.6 Å². The lowest BCUT2D eigenvalue weighted by Gasteiger charge is -2.06. The standard InChI is InChI=1S/C18H16N2O3S2/c1-11-19-17(14-7-4-8-24-14)15(25-11)10-16(21)20-13-6-3-5-12(9-13)18(22)23-2/h3-9H,10H2,1-2H3,(H,20,21). The van der Waals surface area contributed by atoms with Crippen LogP contribution < -0.4 is 5.32 Å². The van der Waals surface area contributed by atoms with Crippen molar-refractivity contribution >= 4 is 40.2 Å². The molecule has 0 spiro atoms. The first-order valence-corrected chi connectivity index (χ1v) is 9.25. The second-order valence-corrected chi connectivity index (χ2v) is 7.51. The van der Waals surface area contributed by atoms with Gasteiger partial charge < -0.3 is 10.1 Å². The Labute approximate surface area is 153 Å². The molecular formula is C18H16N2O3S2. The Bertz CT molecular complexity index is 901. The van der Waals surface area contributed by atoms with Crippen LogP contribution in [-0.4, -0.2) is 24.0 Å². The van der Waals surface area contributed by atoms with E-state index < -0.39 is 5.97 Å². The summed E-state index contributed by atoms with van der Waals surface area (Å²) >= 11 is 3.13. The molecule has 0 unspecified atom stereocenters. The summed E-state index contributed by atoms with van der Waals surface area (Å²) in [5.74, 6) is -0.586. The molecule has 2 aromatic heterocycles. The fourth-order valence-corrected chi connectivity index (χ4v) is 4.14. The third kappa shape index (κ3) is 4.12. The molecule has 128 valence electrons. The number of nitrogens with zero attached hydrogens (tertiary/aromatic N) is 1. The maximum atomic E-state index is 12.4. The van der Waals surface area contributed by atoms with Gasteiger partial charge in [-0.2, -0.15) is 0 Å². The van der Waals surface area contributed by atoms with Crippen molar-refractivity contribution in [3.63, 3.8) is 0 Å². The topological polar surface area (TPSA) is 68.3 Å². The van der Waals surface area contributed by atoms with E-state index in [2.05, 4.69) is 10.3 Å². The fourth-order valence-electron chi connectivity index (χ4n) is 2.39. The molecule has 1 aromatic carbocycles. The lowest BCUT2D eigenvalue weighted by molar-refractivity contribution is -0.115. The van der Waals surface area contributed by atoms with Crippen LogP contribution >= 0.6 is 22.7 Å². The van der Waals surface area contributed by atoms with Crippen LogP contribution in [0.1, 0.15) is 20.2 Å². The molecule has 0 fully saturated rings. The van der Waals surface area contributed by atoms with Gasteiger partial charge in [0.1, 0.15) is 0 Å². The van der Waals surface area contributed by atoms with Gasteiger partial charge in [-0.15, -0.1) is 22.7 Å². The third-order valence-corrected chi connectivity index (χ3v) is 5.29. The predicted octanol–water partition coefficient (Wildman–Crippen LogP) is 4.15. The Kier molecular flexibility index (Phi) is 5.25. The van der Waals surface area contributed by atoms with Crippen LogP contribution in [-0.2, 0) is 16.0 Å². The molecule has 0 saturated carbocycles. The van der Waals surface area contributed by atoms with E-state index in [-0.39, 0.29) is 12.3 Å². The molecule has 0 aliphatic rings. The van der Waals surface area contributed by atoms with Gasteiger partial charge in [-0.05, 0) is 36.6 Å². The predicted molar refractivity (Wildman–Crippen MR) is 100 cm³/mol. The molecule has 5 nitrogen and oxygen atoms in total. The summed E-state index contributed by atoms with van der Waals surface area (Å²) in [5, 5.41) is 5.75. The van der Waals surface area contributed by atoms with Gasteiger partial charge in [-0.1, -0.05) is 12.1 Å². The van der Waals surface area contributed by atoms with Crippen molar-refractivity contribution in [1.29, 1.82) is 0 Å². The van der Waals surface area contributed by atoms with Crippen LogP contribution in [0.25, 0.3) is 10.6 Å².